The van der Waals surface area contributed by atoms with Crippen molar-refractivity contribution in [2.45, 2.75) is 25.1 Å². The SMILES string of the molecule is Cl.NC1Cc2ccc(NC(=O)c3cc(C(F)(F)F)ccc3-c3ccccc3)cc2C1. The summed E-state index contributed by atoms with van der Waals surface area (Å²) in [6.45, 7) is 0. The molecule has 1 atom stereocenters. The summed E-state index contributed by atoms with van der Waals surface area (Å²) < 4.78 is 39.7. The van der Waals surface area contributed by atoms with Gasteiger partial charge in [0, 0.05) is 17.3 Å². The van der Waals surface area contributed by atoms with E-state index in [9.17, 15) is 18.0 Å². The van der Waals surface area contributed by atoms with Crippen molar-refractivity contribution in [2.24, 2.45) is 5.73 Å². The molecule has 3 aromatic carbocycles. The Labute approximate surface area is 178 Å². The topological polar surface area (TPSA) is 55.1 Å². The smallest absolute Gasteiger partial charge is 0.327 e. The van der Waals surface area contributed by atoms with Crippen molar-refractivity contribution in [3.63, 3.8) is 0 Å². The van der Waals surface area contributed by atoms with Crippen molar-refractivity contribution >= 4 is 24.0 Å². The zero-order valence-electron chi connectivity index (χ0n) is 15.9. The van der Waals surface area contributed by atoms with E-state index < -0.39 is 17.6 Å². The van der Waals surface area contributed by atoms with Gasteiger partial charge in [-0.1, -0.05) is 42.5 Å². The van der Waals surface area contributed by atoms with Gasteiger partial charge in [0.25, 0.3) is 5.91 Å². The second-order valence-electron chi connectivity index (χ2n) is 7.23. The van der Waals surface area contributed by atoms with Crippen LogP contribution in [0.15, 0.2) is 66.7 Å². The summed E-state index contributed by atoms with van der Waals surface area (Å²) >= 11 is 0. The third-order valence-corrected chi connectivity index (χ3v) is 5.10. The Balaban J connectivity index is 0.00000256. The molecule has 0 fully saturated rings. The third kappa shape index (κ3) is 4.50. The fraction of sp³-hybridized carbons (Fsp3) is 0.174. The number of carbonyl (C=O) groups excluding carboxylic acids is 1. The minimum atomic E-state index is -4.53. The molecule has 30 heavy (non-hydrogen) atoms. The molecule has 1 amide bonds. The molecule has 7 heteroatoms. The number of benzene rings is 3. The summed E-state index contributed by atoms with van der Waals surface area (Å²) in [5, 5.41) is 2.74. The van der Waals surface area contributed by atoms with Crippen LogP contribution in [-0.2, 0) is 19.0 Å². The Hall–Kier alpha value is -2.83. The fourth-order valence-corrected chi connectivity index (χ4v) is 3.71. The molecule has 3 nitrogen and oxygen atoms in total. The molecule has 0 heterocycles. The van der Waals surface area contributed by atoms with Gasteiger partial charge in [0.1, 0.15) is 0 Å². The number of fused-ring (bicyclic) bond motifs is 1. The summed E-state index contributed by atoms with van der Waals surface area (Å²) in [6.07, 6.45) is -3.03. The quantitative estimate of drug-likeness (QED) is 0.576. The van der Waals surface area contributed by atoms with Crippen LogP contribution in [0.25, 0.3) is 11.1 Å². The van der Waals surface area contributed by atoms with Crippen molar-refractivity contribution < 1.29 is 18.0 Å². The molecule has 0 radical (unpaired) electrons. The molecular weight excluding hydrogens is 413 g/mol. The van der Waals surface area contributed by atoms with Crippen molar-refractivity contribution in [2.75, 3.05) is 5.32 Å². The van der Waals surface area contributed by atoms with Crippen molar-refractivity contribution in [1.29, 1.82) is 0 Å². The highest BCUT2D eigenvalue weighted by Gasteiger charge is 2.32. The lowest BCUT2D eigenvalue weighted by Gasteiger charge is -2.14. The van der Waals surface area contributed by atoms with E-state index >= 15 is 0 Å². The highest BCUT2D eigenvalue weighted by atomic mass is 35.5. The predicted molar refractivity (Wildman–Crippen MR) is 114 cm³/mol. The number of hydrogen-bond acceptors (Lipinski definition) is 2. The molecule has 1 aliphatic rings. The summed E-state index contributed by atoms with van der Waals surface area (Å²) in [6, 6.07) is 17.7. The van der Waals surface area contributed by atoms with E-state index in [1.54, 1.807) is 30.3 Å². The second kappa shape index (κ2) is 8.50. The molecule has 4 rings (SSSR count). The van der Waals surface area contributed by atoms with Gasteiger partial charge in [-0.15, -0.1) is 12.4 Å². The maximum atomic E-state index is 13.2. The highest BCUT2D eigenvalue weighted by Crippen LogP contribution is 2.34. The molecule has 0 aromatic heterocycles. The van der Waals surface area contributed by atoms with Crippen molar-refractivity contribution in [3.8, 4) is 11.1 Å². The predicted octanol–water partition coefficient (Wildman–Crippen LogP) is 5.47. The summed E-state index contributed by atoms with van der Waals surface area (Å²) in [5.74, 6) is -0.586. The number of nitrogens with two attached hydrogens (primary N) is 1. The average Bonchev–Trinajstić information content (AvgIpc) is 3.06. The van der Waals surface area contributed by atoms with Gasteiger partial charge in [-0.25, -0.2) is 0 Å². The molecule has 156 valence electrons. The van der Waals surface area contributed by atoms with E-state index in [0.29, 0.717) is 16.8 Å². The summed E-state index contributed by atoms with van der Waals surface area (Å²) in [7, 11) is 0. The first-order valence-electron chi connectivity index (χ1n) is 9.26. The highest BCUT2D eigenvalue weighted by molar-refractivity contribution is 6.09. The van der Waals surface area contributed by atoms with Gasteiger partial charge in [0.2, 0.25) is 0 Å². The maximum absolute atomic E-state index is 13.2. The first-order valence-corrected chi connectivity index (χ1v) is 9.26. The molecule has 0 saturated carbocycles. The Kier molecular flexibility index (Phi) is 6.19. The number of nitrogens with one attached hydrogen (secondary N) is 1. The molecule has 3 N–H and O–H groups in total. The van der Waals surface area contributed by atoms with Crippen LogP contribution in [0.5, 0.6) is 0 Å². The Morgan fingerprint density at radius 3 is 2.33 bits per heavy atom. The van der Waals surface area contributed by atoms with Gasteiger partial charge >= 0.3 is 6.18 Å². The number of carbonyl (C=O) groups is 1. The van der Waals surface area contributed by atoms with E-state index in [2.05, 4.69) is 5.32 Å². The number of halogens is 4. The van der Waals surface area contributed by atoms with Crippen LogP contribution in [-0.4, -0.2) is 11.9 Å². The van der Waals surface area contributed by atoms with Crippen LogP contribution in [0.3, 0.4) is 0 Å². The van der Waals surface area contributed by atoms with E-state index in [0.717, 1.165) is 36.1 Å². The first-order chi connectivity index (χ1) is 13.8. The largest absolute Gasteiger partial charge is 0.416 e. The summed E-state index contributed by atoms with van der Waals surface area (Å²) in [5.41, 5.74) is 8.95. The molecule has 1 unspecified atom stereocenters. The molecule has 0 spiro atoms. The summed E-state index contributed by atoms with van der Waals surface area (Å²) in [4.78, 5) is 12.9. The number of amides is 1. The van der Waals surface area contributed by atoms with Gasteiger partial charge in [0.05, 0.1) is 5.56 Å². The van der Waals surface area contributed by atoms with Crippen molar-refractivity contribution in [3.05, 3.63) is 89.0 Å². The fourth-order valence-electron chi connectivity index (χ4n) is 3.71. The van der Waals surface area contributed by atoms with Gasteiger partial charge in [-0.2, -0.15) is 13.2 Å². The lowest BCUT2D eigenvalue weighted by atomic mass is 9.96. The number of rotatable bonds is 3. The molecular formula is C23H20ClF3N2O. The monoisotopic (exact) mass is 432 g/mol. The molecule has 1 aliphatic carbocycles. The Morgan fingerprint density at radius 1 is 0.933 bits per heavy atom. The van der Waals surface area contributed by atoms with Crippen LogP contribution in [0.4, 0.5) is 18.9 Å². The normalized spacial score (nSPS) is 15.3. The van der Waals surface area contributed by atoms with Crippen LogP contribution in [0.2, 0.25) is 0 Å². The molecule has 0 saturated heterocycles. The van der Waals surface area contributed by atoms with E-state index in [1.165, 1.54) is 6.07 Å². The maximum Gasteiger partial charge on any atom is 0.416 e. The number of hydrogen-bond donors (Lipinski definition) is 2. The van der Waals surface area contributed by atoms with Gasteiger partial charge < -0.3 is 11.1 Å². The Morgan fingerprint density at radius 2 is 1.63 bits per heavy atom. The van der Waals surface area contributed by atoms with Crippen LogP contribution >= 0.6 is 12.4 Å². The molecule has 0 aliphatic heterocycles. The minimum Gasteiger partial charge on any atom is -0.327 e. The zero-order valence-corrected chi connectivity index (χ0v) is 16.7. The van der Waals surface area contributed by atoms with Gasteiger partial charge in [0.15, 0.2) is 0 Å². The average molecular weight is 433 g/mol. The lowest BCUT2D eigenvalue weighted by Crippen LogP contribution is -2.19. The number of anilines is 1. The van der Waals surface area contributed by atoms with Gasteiger partial charge in [-0.05, 0) is 59.4 Å². The van der Waals surface area contributed by atoms with E-state index in [-0.39, 0.29) is 24.0 Å². The molecule has 0 bridgehead atoms. The van der Waals surface area contributed by atoms with Crippen LogP contribution in [0, 0.1) is 0 Å². The van der Waals surface area contributed by atoms with Crippen LogP contribution < -0.4 is 11.1 Å². The third-order valence-electron chi connectivity index (χ3n) is 5.10. The van der Waals surface area contributed by atoms with Crippen molar-refractivity contribution in [1.82, 2.24) is 0 Å². The first kappa shape index (κ1) is 21.9. The molecule has 3 aromatic rings. The minimum absolute atomic E-state index is 0. The Bertz CT molecular complexity index is 1070. The zero-order chi connectivity index (χ0) is 20.6. The lowest BCUT2D eigenvalue weighted by molar-refractivity contribution is -0.137. The number of alkyl halides is 3. The van der Waals surface area contributed by atoms with Gasteiger partial charge in [-0.3, -0.25) is 4.79 Å². The van der Waals surface area contributed by atoms with E-state index in [1.807, 2.05) is 18.2 Å². The standard InChI is InChI=1S/C23H19F3N2O.ClH/c24-23(25,26)17-7-9-20(14-4-2-1-3-5-14)21(13-17)22(29)28-19-8-6-15-10-18(27)11-16(15)12-19;/h1-9,12-13,18H,10-11,27H2,(H,28,29);1H. The van der Waals surface area contributed by atoms with E-state index in [4.69, 9.17) is 5.73 Å². The second-order valence-corrected chi connectivity index (χ2v) is 7.23. The van der Waals surface area contributed by atoms with Crippen LogP contribution in [0.1, 0.15) is 27.0 Å².